The van der Waals surface area contributed by atoms with Gasteiger partial charge in [-0.2, -0.15) is 0 Å². The summed E-state index contributed by atoms with van der Waals surface area (Å²) in [5.41, 5.74) is 2.36. The minimum absolute atomic E-state index is 0.763. The first-order valence-electron chi connectivity index (χ1n) is 6.59. The summed E-state index contributed by atoms with van der Waals surface area (Å²) in [6.45, 7) is 8.33. The van der Waals surface area contributed by atoms with Crippen molar-refractivity contribution < 1.29 is 9.47 Å². The van der Waals surface area contributed by atoms with Crippen LogP contribution in [0, 0.1) is 0 Å². The summed E-state index contributed by atoms with van der Waals surface area (Å²) in [4.78, 5) is 2.34. The van der Waals surface area contributed by atoms with Crippen LogP contribution in [0.5, 0.6) is 11.5 Å². The molecule has 2 rings (SSSR count). The molecule has 104 valence electrons. The molecule has 1 aliphatic rings. The minimum atomic E-state index is 0.763. The number of allylic oxidation sites excluding steroid dienone is 1. The van der Waals surface area contributed by atoms with Gasteiger partial charge >= 0.3 is 0 Å². The third kappa shape index (κ3) is 3.41. The Hall–Kier alpha value is -1.68. The molecule has 0 atom stereocenters. The van der Waals surface area contributed by atoms with E-state index >= 15 is 0 Å². The molecule has 1 fully saturated rings. The summed E-state index contributed by atoms with van der Waals surface area (Å²) in [6.07, 6.45) is 0.848. The molecular formula is C15H22N2O2. The van der Waals surface area contributed by atoms with Crippen LogP contribution in [0.15, 0.2) is 30.5 Å². The monoisotopic (exact) mass is 262 g/mol. The lowest BCUT2D eigenvalue weighted by Crippen LogP contribution is -2.42. The molecule has 0 radical (unpaired) electrons. The van der Waals surface area contributed by atoms with Gasteiger partial charge in [0.1, 0.15) is 0 Å². The molecule has 0 aliphatic carbocycles. The molecule has 1 saturated heterocycles. The Morgan fingerprint density at radius 1 is 1.21 bits per heavy atom. The summed E-state index contributed by atoms with van der Waals surface area (Å²) in [7, 11) is 3.31. The van der Waals surface area contributed by atoms with E-state index < -0.39 is 0 Å². The standard InChI is InChI=1S/C15H22N2O2/c1-12(17-8-6-16-7-9-17)10-13-4-5-14(18-2)15(11-13)19-3/h4-5,11,16H,1,6-10H2,2-3H3. The highest BCUT2D eigenvalue weighted by molar-refractivity contribution is 5.43. The predicted molar refractivity (Wildman–Crippen MR) is 76.8 cm³/mol. The maximum Gasteiger partial charge on any atom is 0.160 e. The van der Waals surface area contributed by atoms with Gasteiger partial charge in [-0.15, -0.1) is 0 Å². The maximum absolute atomic E-state index is 5.33. The molecule has 4 nitrogen and oxygen atoms in total. The number of rotatable bonds is 5. The van der Waals surface area contributed by atoms with E-state index in [9.17, 15) is 0 Å². The average Bonchev–Trinajstić information content (AvgIpc) is 2.48. The molecule has 0 aromatic heterocycles. The van der Waals surface area contributed by atoms with Crippen molar-refractivity contribution in [3.05, 3.63) is 36.0 Å². The van der Waals surface area contributed by atoms with E-state index in [0.717, 1.165) is 49.8 Å². The van der Waals surface area contributed by atoms with Crippen LogP contribution >= 0.6 is 0 Å². The molecule has 0 spiro atoms. The second-order valence-electron chi connectivity index (χ2n) is 4.67. The fourth-order valence-corrected chi connectivity index (χ4v) is 2.32. The molecule has 0 saturated carbocycles. The number of methoxy groups -OCH3 is 2. The molecule has 0 amide bonds. The van der Waals surface area contributed by atoms with Crippen molar-refractivity contribution >= 4 is 0 Å². The van der Waals surface area contributed by atoms with E-state index in [2.05, 4.69) is 22.9 Å². The van der Waals surface area contributed by atoms with Crippen LogP contribution in [0.2, 0.25) is 0 Å². The van der Waals surface area contributed by atoms with E-state index in [0.29, 0.717) is 0 Å². The second-order valence-corrected chi connectivity index (χ2v) is 4.67. The van der Waals surface area contributed by atoms with Crippen molar-refractivity contribution in [1.29, 1.82) is 0 Å². The summed E-state index contributed by atoms with van der Waals surface area (Å²) in [6, 6.07) is 6.03. The Labute approximate surface area is 115 Å². The van der Waals surface area contributed by atoms with Gasteiger partial charge in [0.25, 0.3) is 0 Å². The molecule has 1 aromatic rings. The number of benzene rings is 1. The highest BCUT2D eigenvalue weighted by atomic mass is 16.5. The smallest absolute Gasteiger partial charge is 0.160 e. The first kappa shape index (κ1) is 13.7. The van der Waals surface area contributed by atoms with Gasteiger partial charge in [-0.3, -0.25) is 0 Å². The van der Waals surface area contributed by atoms with Crippen LogP contribution in [0.3, 0.4) is 0 Å². The summed E-state index contributed by atoms with van der Waals surface area (Å²) in [5.74, 6) is 1.53. The van der Waals surface area contributed by atoms with Crippen LogP contribution in [0.1, 0.15) is 5.56 Å². The topological polar surface area (TPSA) is 33.7 Å². The average molecular weight is 262 g/mol. The Morgan fingerprint density at radius 3 is 2.53 bits per heavy atom. The Bertz CT molecular complexity index is 440. The quantitative estimate of drug-likeness (QED) is 0.875. The Morgan fingerprint density at radius 2 is 1.89 bits per heavy atom. The Balaban J connectivity index is 2.03. The van der Waals surface area contributed by atoms with Gasteiger partial charge in [-0.1, -0.05) is 12.6 Å². The molecule has 4 heteroatoms. The second kappa shape index (κ2) is 6.48. The molecule has 19 heavy (non-hydrogen) atoms. The zero-order valence-electron chi connectivity index (χ0n) is 11.7. The SMILES string of the molecule is C=C(Cc1ccc(OC)c(OC)c1)N1CCNCC1. The molecule has 0 bridgehead atoms. The molecule has 1 aromatic carbocycles. The van der Waals surface area contributed by atoms with Crippen molar-refractivity contribution in [1.82, 2.24) is 10.2 Å². The van der Waals surface area contributed by atoms with Crippen LogP contribution in [-0.2, 0) is 6.42 Å². The molecule has 1 heterocycles. The van der Waals surface area contributed by atoms with Crippen molar-refractivity contribution in [2.45, 2.75) is 6.42 Å². The maximum atomic E-state index is 5.33. The van der Waals surface area contributed by atoms with Gasteiger partial charge in [0.15, 0.2) is 11.5 Å². The van der Waals surface area contributed by atoms with E-state index in [1.54, 1.807) is 14.2 Å². The molecule has 1 N–H and O–H groups in total. The van der Waals surface area contributed by atoms with Crippen molar-refractivity contribution in [3.63, 3.8) is 0 Å². The lowest BCUT2D eigenvalue weighted by atomic mass is 10.1. The summed E-state index contributed by atoms with van der Waals surface area (Å²) < 4.78 is 10.6. The highest BCUT2D eigenvalue weighted by Crippen LogP contribution is 2.28. The van der Waals surface area contributed by atoms with E-state index in [1.165, 1.54) is 5.56 Å². The number of nitrogens with zero attached hydrogens (tertiary/aromatic N) is 1. The first-order chi connectivity index (χ1) is 9.24. The van der Waals surface area contributed by atoms with E-state index in [1.807, 2.05) is 12.1 Å². The van der Waals surface area contributed by atoms with Crippen LogP contribution in [0.4, 0.5) is 0 Å². The highest BCUT2D eigenvalue weighted by Gasteiger charge is 2.12. The Kier molecular flexibility index (Phi) is 4.68. The fraction of sp³-hybridized carbons (Fsp3) is 0.467. The normalized spacial score (nSPS) is 15.2. The van der Waals surface area contributed by atoms with Crippen molar-refractivity contribution in [2.75, 3.05) is 40.4 Å². The van der Waals surface area contributed by atoms with Crippen LogP contribution < -0.4 is 14.8 Å². The van der Waals surface area contributed by atoms with E-state index in [4.69, 9.17) is 9.47 Å². The molecule has 1 aliphatic heterocycles. The van der Waals surface area contributed by atoms with E-state index in [-0.39, 0.29) is 0 Å². The first-order valence-corrected chi connectivity index (χ1v) is 6.59. The van der Waals surface area contributed by atoms with Crippen LogP contribution in [-0.4, -0.2) is 45.3 Å². The zero-order chi connectivity index (χ0) is 13.7. The van der Waals surface area contributed by atoms with Gasteiger partial charge in [0.2, 0.25) is 0 Å². The molecular weight excluding hydrogens is 240 g/mol. The zero-order valence-corrected chi connectivity index (χ0v) is 11.7. The fourth-order valence-electron chi connectivity index (χ4n) is 2.32. The van der Waals surface area contributed by atoms with Crippen LogP contribution in [0.25, 0.3) is 0 Å². The van der Waals surface area contributed by atoms with Crippen molar-refractivity contribution in [2.24, 2.45) is 0 Å². The predicted octanol–water partition coefficient (Wildman–Crippen LogP) is 1.67. The number of ether oxygens (including phenoxy) is 2. The third-order valence-corrected chi connectivity index (χ3v) is 3.42. The number of hydrogen-bond donors (Lipinski definition) is 1. The number of piperazine rings is 1. The minimum Gasteiger partial charge on any atom is -0.493 e. The largest absolute Gasteiger partial charge is 0.493 e. The van der Waals surface area contributed by atoms with Gasteiger partial charge in [-0.05, 0) is 17.7 Å². The molecule has 0 unspecified atom stereocenters. The van der Waals surface area contributed by atoms with Gasteiger partial charge in [-0.25, -0.2) is 0 Å². The van der Waals surface area contributed by atoms with Gasteiger partial charge in [0, 0.05) is 38.3 Å². The number of hydrogen-bond acceptors (Lipinski definition) is 4. The third-order valence-electron chi connectivity index (χ3n) is 3.42. The van der Waals surface area contributed by atoms with Gasteiger partial charge < -0.3 is 19.7 Å². The number of nitrogens with one attached hydrogen (secondary N) is 1. The lowest BCUT2D eigenvalue weighted by molar-refractivity contribution is 0.295. The van der Waals surface area contributed by atoms with Gasteiger partial charge in [0.05, 0.1) is 14.2 Å². The lowest BCUT2D eigenvalue weighted by Gasteiger charge is -2.31. The summed E-state index contributed by atoms with van der Waals surface area (Å²) >= 11 is 0. The van der Waals surface area contributed by atoms with Crippen molar-refractivity contribution in [3.8, 4) is 11.5 Å². The summed E-state index contributed by atoms with van der Waals surface area (Å²) in [5, 5.41) is 3.35.